The van der Waals surface area contributed by atoms with Gasteiger partial charge in [0.15, 0.2) is 0 Å². The minimum atomic E-state index is 0.324. The number of aromatic nitrogens is 2. The van der Waals surface area contributed by atoms with E-state index in [4.69, 9.17) is 0 Å². The summed E-state index contributed by atoms with van der Waals surface area (Å²) in [6.45, 7) is 5.23. The summed E-state index contributed by atoms with van der Waals surface area (Å²) >= 11 is 0. The average molecular weight is 257 g/mol. The Morgan fingerprint density at radius 1 is 1.26 bits per heavy atom. The van der Waals surface area contributed by atoms with Gasteiger partial charge in [0.2, 0.25) is 0 Å². The van der Waals surface area contributed by atoms with Crippen molar-refractivity contribution in [3.05, 3.63) is 53.6 Å². The zero-order valence-corrected chi connectivity index (χ0v) is 12.1. The summed E-state index contributed by atoms with van der Waals surface area (Å²) in [5.41, 5.74) is 2.62. The van der Waals surface area contributed by atoms with E-state index in [0.717, 1.165) is 19.4 Å². The summed E-state index contributed by atoms with van der Waals surface area (Å²) in [5.74, 6) is 1.18. The summed E-state index contributed by atoms with van der Waals surface area (Å²) in [4.78, 5) is 4.44. The van der Waals surface area contributed by atoms with Gasteiger partial charge in [-0.25, -0.2) is 4.98 Å². The average Bonchev–Trinajstić information content (AvgIpc) is 2.85. The molecule has 1 atom stereocenters. The molecule has 2 aromatic rings. The molecule has 1 heterocycles. The Balaban J connectivity index is 2.14. The van der Waals surface area contributed by atoms with Crippen LogP contribution in [0, 0.1) is 6.92 Å². The number of aryl methyl sites for hydroxylation is 2. The van der Waals surface area contributed by atoms with Crippen LogP contribution < -0.4 is 5.32 Å². The fraction of sp³-hybridized carbons (Fsp3) is 0.438. The smallest absolute Gasteiger partial charge is 0.108 e. The van der Waals surface area contributed by atoms with Crippen molar-refractivity contribution < 1.29 is 0 Å². The predicted octanol–water partition coefficient (Wildman–Crippen LogP) is 3.10. The number of likely N-dealkylation sites (N-methyl/N-ethyl adjacent to an activating group) is 1. The van der Waals surface area contributed by atoms with Crippen molar-refractivity contribution in [2.24, 2.45) is 0 Å². The van der Waals surface area contributed by atoms with E-state index in [0.29, 0.717) is 6.04 Å². The Kier molecular flexibility index (Phi) is 4.74. The van der Waals surface area contributed by atoms with Gasteiger partial charge in [0, 0.05) is 31.4 Å². The molecule has 102 valence electrons. The molecule has 1 unspecified atom stereocenters. The zero-order chi connectivity index (χ0) is 13.7. The summed E-state index contributed by atoms with van der Waals surface area (Å²) in [7, 11) is 2.01. The Morgan fingerprint density at radius 3 is 2.63 bits per heavy atom. The van der Waals surface area contributed by atoms with Crippen LogP contribution in [0.5, 0.6) is 0 Å². The van der Waals surface area contributed by atoms with Crippen LogP contribution in [0.4, 0.5) is 0 Å². The Hall–Kier alpha value is -1.61. The molecule has 3 heteroatoms. The molecule has 2 rings (SSSR count). The van der Waals surface area contributed by atoms with Gasteiger partial charge in [0.05, 0.1) is 0 Å². The lowest BCUT2D eigenvalue weighted by Gasteiger charge is -2.19. The quantitative estimate of drug-likeness (QED) is 0.861. The van der Waals surface area contributed by atoms with E-state index in [1.54, 1.807) is 0 Å². The maximum atomic E-state index is 4.44. The van der Waals surface area contributed by atoms with Gasteiger partial charge in [-0.05, 0) is 26.0 Å². The number of benzene rings is 1. The molecule has 0 aliphatic rings. The molecule has 0 fully saturated rings. The third kappa shape index (κ3) is 3.44. The van der Waals surface area contributed by atoms with Crippen LogP contribution in [0.1, 0.15) is 36.3 Å². The first-order chi connectivity index (χ1) is 9.24. The van der Waals surface area contributed by atoms with Crippen molar-refractivity contribution in [1.82, 2.24) is 14.9 Å². The number of nitrogens with zero attached hydrogens (tertiary/aromatic N) is 2. The number of hydrogen-bond acceptors (Lipinski definition) is 2. The summed E-state index contributed by atoms with van der Waals surface area (Å²) < 4.78 is 2.25. The molecule has 0 saturated carbocycles. The third-order valence-electron chi connectivity index (χ3n) is 3.48. The highest BCUT2D eigenvalue weighted by atomic mass is 15.1. The van der Waals surface area contributed by atoms with Gasteiger partial charge in [0.25, 0.3) is 0 Å². The molecule has 0 aliphatic heterocycles. The molecule has 0 bridgehead atoms. The van der Waals surface area contributed by atoms with Crippen molar-refractivity contribution in [3.8, 4) is 0 Å². The summed E-state index contributed by atoms with van der Waals surface area (Å²) in [6, 6.07) is 9.06. The van der Waals surface area contributed by atoms with Gasteiger partial charge in [-0.1, -0.05) is 36.8 Å². The van der Waals surface area contributed by atoms with Crippen LogP contribution in [0.25, 0.3) is 0 Å². The highest BCUT2D eigenvalue weighted by molar-refractivity contribution is 5.24. The molecule has 1 aromatic carbocycles. The van der Waals surface area contributed by atoms with E-state index in [1.807, 2.05) is 13.2 Å². The first-order valence-electron chi connectivity index (χ1n) is 6.98. The summed E-state index contributed by atoms with van der Waals surface area (Å²) in [5, 5.41) is 3.40. The molecule has 0 amide bonds. The lowest BCUT2D eigenvalue weighted by molar-refractivity contribution is 0.487. The fourth-order valence-corrected chi connectivity index (χ4v) is 2.32. The van der Waals surface area contributed by atoms with E-state index in [1.165, 1.54) is 17.0 Å². The van der Waals surface area contributed by atoms with Crippen LogP contribution in [0.3, 0.4) is 0 Å². The monoisotopic (exact) mass is 257 g/mol. The molecular weight excluding hydrogens is 234 g/mol. The molecule has 0 aliphatic carbocycles. The van der Waals surface area contributed by atoms with E-state index < -0.39 is 0 Å². The summed E-state index contributed by atoms with van der Waals surface area (Å²) in [6.07, 6.45) is 6.14. The Labute approximate surface area is 115 Å². The Bertz CT molecular complexity index is 499. The second kappa shape index (κ2) is 6.53. The first kappa shape index (κ1) is 13.8. The molecule has 1 N–H and O–H groups in total. The SMILES string of the molecule is CCCc1nccn1CC(NC)c1ccc(C)cc1. The number of imidazole rings is 1. The van der Waals surface area contributed by atoms with E-state index in [9.17, 15) is 0 Å². The fourth-order valence-electron chi connectivity index (χ4n) is 2.32. The molecule has 0 radical (unpaired) electrons. The standard InChI is InChI=1S/C16H23N3/c1-4-5-16-18-10-11-19(16)12-15(17-3)14-8-6-13(2)7-9-14/h6-11,15,17H,4-5,12H2,1-3H3. The van der Waals surface area contributed by atoms with Crippen molar-refractivity contribution in [2.75, 3.05) is 7.05 Å². The van der Waals surface area contributed by atoms with Crippen LogP contribution >= 0.6 is 0 Å². The van der Waals surface area contributed by atoms with Crippen molar-refractivity contribution in [1.29, 1.82) is 0 Å². The van der Waals surface area contributed by atoms with E-state index in [-0.39, 0.29) is 0 Å². The largest absolute Gasteiger partial charge is 0.333 e. The molecule has 19 heavy (non-hydrogen) atoms. The van der Waals surface area contributed by atoms with Gasteiger partial charge in [-0.15, -0.1) is 0 Å². The number of rotatable bonds is 6. The maximum absolute atomic E-state index is 4.44. The van der Waals surface area contributed by atoms with Gasteiger partial charge in [-0.2, -0.15) is 0 Å². The molecule has 0 saturated heterocycles. The van der Waals surface area contributed by atoms with Crippen LogP contribution in [-0.4, -0.2) is 16.6 Å². The van der Waals surface area contributed by atoms with Gasteiger partial charge in [-0.3, -0.25) is 0 Å². The van der Waals surface area contributed by atoms with Gasteiger partial charge in [0.1, 0.15) is 5.82 Å². The van der Waals surface area contributed by atoms with E-state index in [2.05, 4.69) is 59.2 Å². The van der Waals surface area contributed by atoms with Crippen molar-refractivity contribution >= 4 is 0 Å². The van der Waals surface area contributed by atoms with Crippen LogP contribution in [0.2, 0.25) is 0 Å². The van der Waals surface area contributed by atoms with Gasteiger partial charge >= 0.3 is 0 Å². The first-order valence-corrected chi connectivity index (χ1v) is 6.98. The lowest BCUT2D eigenvalue weighted by Crippen LogP contribution is -2.22. The molecule has 3 nitrogen and oxygen atoms in total. The number of nitrogens with one attached hydrogen (secondary N) is 1. The van der Waals surface area contributed by atoms with Crippen LogP contribution in [-0.2, 0) is 13.0 Å². The second-order valence-electron chi connectivity index (χ2n) is 5.00. The van der Waals surface area contributed by atoms with E-state index >= 15 is 0 Å². The third-order valence-corrected chi connectivity index (χ3v) is 3.48. The van der Waals surface area contributed by atoms with Crippen molar-refractivity contribution in [3.63, 3.8) is 0 Å². The zero-order valence-electron chi connectivity index (χ0n) is 12.1. The molecular formula is C16H23N3. The molecule has 1 aromatic heterocycles. The minimum absolute atomic E-state index is 0.324. The Morgan fingerprint density at radius 2 is 2.00 bits per heavy atom. The lowest BCUT2D eigenvalue weighted by atomic mass is 10.1. The normalized spacial score (nSPS) is 12.6. The predicted molar refractivity (Wildman–Crippen MR) is 79.2 cm³/mol. The maximum Gasteiger partial charge on any atom is 0.108 e. The van der Waals surface area contributed by atoms with Crippen molar-refractivity contribution in [2.45, 2.75) is 39.3 Å². The highest BCUT2D eigenvalue weighted by Gasteiger charge is 2.11. The highest BCUT2D eigenvalue weighted by Crippen LogP contribution is 2.17. The van der Waals surface area contributed by atoms with Crippen LogP contribution in [0.15, 0.2) is 36.7 Å². The minimum Gasteiger partial charge on any atom is -0.333 e. The van der Waals surface area contributed by atoms with Gasteiger partial charge < -0.3 is 9.88 Å². The second-order valence-corrected chi connectivity index (χ2v) is 5.00. The number of hydrogen-bond donors (Lipinski definition) is 1. The molecule has 0 spiro atoms. The topological polar surface area (TPSA) is 29.9 Å².